The Morgan fingerprint density at radius 3 is 2.92 bits per heavy atom. The second-order valence-corrected chi connectivity index (χ2v) is 2.90. The Balaban J connectivity index is 2.82. The predicted molar refractivity (Wildman–Crippen MR) is 46.2 cm³/mol. The average molecular weight is 167 g/mol. The van der Waals surface area contributed by atoms with Crippen LogP contribution in [-0.2, 0) is 13.1 Å². The van der Waals surface area contributed by atoms with Crippen LogP contribution in [0, 0.1) is 0 Å². The molecular formula is C9H15N2O+. The Bertz CT molecular complexity index is 248. The quantitative estimate of drug-likeness (QED) is 0.613. The Labute approximate surface area is 72.5 Å². The van der Waals surface area contributed by atoms with Gasteiger partial charge in [0.15, 0.2) is 18.4 Å². The summed E-state index contributed by atoms with van der Waals surface area (Å²) in [4.78, 5) is 0. The molecule has 3 nitrogen and oxygen atoms in total. The van der Waals surface area contributed by atoms with E-state index in [2.05, 4.69) is 0 Å². The zero-order valence-corrected chi connectivity index (χ0v) is 7.27. The second kappa shape index (κ2) is 4.18. The summed E-state index contributed by atoms with van der Waals surface area (Å²) < 4.78 is 1.96. The van der Waals surface area contributed by atoms with Gasteiger partial charge in [-0.15, -0.1) is 0 Å². The van der Waals surface area contributed by atoms with Gasteiger partial charge in [-0.1, -0.05) is 6.07 Å². The molecule has 1 atom stereocenters. The van der Waals surface area contributed by atoms with Crippen molar-refractivity contribution < 1.29 is 9.67 Å². The molecule has 1 aromatic heterocycles. The fourth-order valence-electron chi connectivity index (χ4n) is 1.16. The van der Waals surface area contributed by atoms with Gasteiger partial charge in [0.2, 0.25) is 0 Å². The van der Waals surface area contributed by atoms with Crippen molar-refractivity contribution in [1.82, 2.24) is 0 Å². The highest BCUT2D eigenvalue weighted by atomic mass is 16.3. The van der Waals surface area contributed by atoms with E-state index < -0.39 is 0 Å². The summed E-state index contributed by atoms with van der Waals surface area (Å²) in [7, 11) is 0. The lowest BCUT2D eigenvalue weighted by Crippen LogP contribution is -2.43. The highest BCUT2D eigenvalue weighted by Gasteiger charge is 2.09. The molecule has 0 aliphatic carbocycles. The maximum Gasteiger partial charge on any atom is 0.195 e. The molecule has 66 valence electrons. The van der Waals surface area contributed by atoms with Crippen LogP contribution in [0.15, 0.2) is 24.4 Å². The Kier molecular flexibility index (Phi) is 3.19. The number of aromatic nitrogens is 1. The zero-order chi connectivity index (χ0) is 8.97. The predicted octanol–water partition coefficient (Wildman–Crippen LogP) is -0.186. The molecule has 0 bridgehead atoms. The lowest BCUT2D eigenvalue weighted by molar-refractivity contribution is -0.710. The maximum atomic E-state index is 9.16. The van der Waals surface area contributed by atoms with Gasteiger partial charge < -0.3 is 10.8 Å². The fourth-order valence-corrected chi connectivity index (χ4v) is 1.16. The SMILES string of the molecule is CC(O)C[n+]1ccccc1CN. The van der Waals surface area contributed by atoms with Crippen molar-refractivity contribution in [3.05, 3.63) is 30.1 Å². The summed E-state index contributed by atoms with van der Waals surface area (Å²) in [6, 6.07) is 5.84. The van der Waals surface area contributed by atoms with Crippen LogP contribution in [0.2, 0.25) is 0 Å². The van der Waals surface area contributed by atoms with E-state index in [1.807, 2.05) is 29.0 Å². The van der Waals surface area contributed by atoms with Gasteiger partial charge in [0.05, 0.1) is 6.54 Å². The van der Waals surface area contributed by atoms with Crippen molar-refractivity contribution in [1.29, 1.82) is 0 Å². The Morgan fingerprint density at radius 2 is 2.33 bits per heavy atom. The van der Waals surface area contributed by atoms with E-state index in [9.17, 15) is 0 Å². The van der Waals surface area contributed by atoms with Gasteiger partial charge in [-0.25, -0.2) is 0 Å². The summed E-state index contributed by atoms with van der Waals surface area (Å²) in [5.41, 5.74) is 6.56. The topological polar surface area (TPSA) is 50.1 Å². The van der Waals surface area contributed by atoms with Gasteiger partial charge in [-0.05, 0) is 6.92 Å². The molecule has 0 fully saturated rings. The first kappa shape index (κ1) is 9.16. The lowest BCUT2D eigenvalue weighted by atomic mass is 10.3. The second-order valence-electron chi connectivity index (χ2n) is 2.90. The molecule has 1 heterocycles. The van der Waals surface area contributed by atoms with Gasteiger partial charge in [0.1, 0.15) is 6.10 Å². The summed E-state index contributed by atoms with van der Waals surface area (Å²) in [6.07, 6.45) is 1.59. The van der Waals surface area contributed by atoms with E-state index in [0.717, 1.165) is 5.69 Å². The summed E-state index contributed by atoms with van der Waals surface area (Å²) >= 11 is 0. The normalized spacial score (nSPS) is 12.9. The minimum absolute atomic E-state index is 0.331. The lowest BCUT2D eigenvalue weighted by Gasteiger charge is -2.02. The number of nitrogens with two attached hydrogens (primary N) is 1. The molecule has 1 rings (SSSR count). The van der Waals surface area contributed by atoms with Crippen LogP contribution < -0.4 is 10.3 Å². The Morgan fingerprint density at radius 1 is 1.58 bits per heavy atom. The van der Waals surface area contributed by atoms with Crippen LogP contribution in [0.25, 0.3) is 0 Å². The molecule has 0 aliphatic rings. The minimum Gasteiger partial charge on any atom is -0.387 e. The molecule has 0 aliphatic heterocycles. The minimum atomic E-state index is -0.331. The monoisotopic (exact) mass is 167 g/mol. The first-order chi connectivity index (χ1) is 5.74. The van der Waals surface area contributed by atoms with Gasteiger partial charge in [-0.2, -0.15) is 4.57 Å². The van der Waals surface area contributed by atoms with E-state index in [0.29, 0.717) is 13.1 Å². The van der Waals surface area contributed by atoms with Gasteiger partial charge >= 0.3 is 0 Å². The molecule has 0 spiro atoms. The van der Waals surface area contributed by atoms with Crippen molar-refractivity contribution in [2.75, 3.05) is 0 Å². The van der Waals surface area contributed by atoms with Crippen molar-refractivity contribution in [2.24, 2.45) is 5.73 Å². The molecule has 1 aromatic rings. The molecule has 3 N–H and O–H groups in total. The molecular weight excluding hydrogens is 152 g/mol. The van der Waals surface area contributed by atoms with Crippen LogP contribution in [0.1, 0.15) is 12.6 Å². The van der Waals surface area contributed by atoms with E-state index in [1.165, 1.54) is 0 Å². The molecule has 0 radical (unpaired) electrons. The van der Waals surface area contributed by atoms with Crippen molar-refractivity contribution in [2.45, 2.75) is 26.1 Å². The standard InChI is InChI=1S/C9H15N2O/c1-8(12)7-11-5-3-2-4-9(11)6-10/h2-5,8,12H,6-7,10H2,1H3/q+1. The number of nitrogens with zero attached hydrogens (tertiary/aromatic N) is 1. The highest BCUT2D eigenvalue weighted by molar-refractivity contribution is 4.96. The van der Waals surface area contributed by atoms with Crippen molar-refractivity contribution >= 4 is 0 Å². The number of hydrogen-bond acceptors (Lipinski definition) is 2. The number of aliphatic hydroxyl groups is 1. The smallest absolute Gasteiger partial charge is 0.195 e. The van der Waals surface area contributed by atoms with Gasteiger partial charge in [0.25, 0.3) is 0 Å². The summed E-state index contributed by atoms with van der Waals surface area (Å²) in [5.74, 6) is 0. The van der Waals surface area contributed by atoms with Crippen LogP contribution in [-0.4, -0.2) is 11.2 Å². The van der Waals surface area contributed by atoms with Crippen LogP contribution >= 0.6 is 0 Å². The van der Waals surface area contributed by atoms with Crippen LogP contribution in [0.4, 0.5) is 0 Å². The number of hydrogen-bond donors (Lipinski definition) is 2. The van der Waals surface area contributed by atoms with Gasteiger partial charge in [0, 0.05) is 12.1 Å². The van der Waals surface area contributed by atoms with Gasteiger partial charge in [-0.3, -0.25) is 0 Å². The van der Waals surface area contributed by atoms with Crippen molar-refractivity contribution in [3.8, 4) is 0 Å². The van der Waals surface area contributed by atoms with E-state index in [1.54, 1.807) is 6.92 Å². The molecule has 0 saturated heterocycles. The molecule has 0 amide bonds. The molecule has 1 unspecified atom stereocenters. The molecule has 3 heteroatoms. The Hall–Kier alpha value is -0.930. The maximum absolute atomic E-state index is 9.16. The fraction of sp³-hybridized carbons (Fsp3) is 0.444. The third-order valence-electron chi connectivity index (χ3n) is 1.70. The van der Waals surface area contributed by atoms with Crippen LogP contribution in [0.3, 0.4) is 0 Å². The number of rotatable bonds is 3. The average Bonchev–Trinajstić information content (AvgIpc) is 2.04. The van der Waals surface area contributed by atoms with Crippen LogP contribution in [0.5, 0.6) is 0 Å². The molecule has 0 aromatic carbocycles. The third-order valence-corrected chi connectivity index (χ3v) is 1.70. The number of pyridine rings is 1. The highest BCUT2D eigenvalue weighted by Crippen LogP contribution is 1.90. The first-order valence-electron chi connectivity index (χ1n) is 4.09. The summed E-state index contributed by atoms with van der Waals surface area (Å²) in [6.45, 7) is 2.88. The summed E-state index contributed by atoms with van der Waals surface area (Å²) in [5, 5.41) is 9.16. The van der Waals surface area contributed by atoms with E-state index in [-0.39, 0.29) is 6.10 Å². The third kappa shape index (κ3) is 2.29. The van der Waals surface area contributed by atoms with E-state index >= 15 is 0 Å². The number of aliphatic hydroxyl groups excluding tert-OH is 1. The first-order valence-corrected chi connectivity index (χ1v) is 4.09. The molecule has 0 saturated carbocycles. The van der Waals surface area contributed by atoms with E-state index in [4.69, 9.17) is 10.8 Å². The largest absolute Gasteiger partial charge is 0.387 e. The molecule has 12 heavy (non-hydrogen) atoms. The zero-order valence-electron chi connectivity index (χ0n) is 7.27. The van der Waals surface area contributed by atoms with Crippen molar-refractivity contribution in [3.63, 3.8) is 0 Å².